The number of ether oxygens (including phenoxy) is 1. The number of amides is 1. The molecular weight excluding hydrogens is 416 g/mol. The van der Waals surface area contributed by atoms with Crippen LogP contribution in [0.2, 0.25) is 0 Å². The van der Waals surface area contributed by atoms with Crippen molar-refractivity contribution in [2.24, 2.45) is 5.92 Å². The Morgan fingerprint density at radius 3 is 2.39 bits per heavy atom. The van der Waals surface area contributed by atoms with Gasteiger partial charge < -0.3 is 14.6 Å². The molecule has 174 valence electrons. The van der Waals surface area contributed by atoms with Crippen molar-refractivity contribution in [1.82, 2.24) is 20.4 Å². The normalized spacial score (nSPS) is 15.8. The molecule has 1 saturated heterocycles. The molecule has 0 spiro atoms. The van der Waals surface area contributed by atoms with Crippen molar-refractivity contribution in [3.8, 4) is 17.1 Å². The van der Waals surface area contributed by atoms with Crippen LogP contribution in [0.1, 0.15) is 36.8 Å². The van der Waals surface area contributed by atoms with E-state index in [2.05, 4.69) is 27.3 Å². The van der Waals surface area contributed by atoms with Crippen molar-refractivity contribution in [1.29, 1.82) is 0 Å². The summed E-state index contributed by atoms with van der Waals surface area (Å²) in [6, 6.07) is 16.0. The van der Waals surface area contributed by atoms with Gasteiger partial charge in [0.1, 0.15) is 12.4 Å². The quantitative estimate of drug-likeness (QED) is 0.558. The van der Waals surface area contributed by atoms with Gasteiger partial charge in [0.15, 0.2) is 0 Å². The van der Waals surface area contributed by atoms with E-state index in [1.54, 1.807) is 0 Å². The fourth-order valence-corrected chi connectivity index (χ4v) is 3.94. The first-order valence-corrected chi connectivity index (χ1v) is 11.6. The molecule has 4 rings (SSSR count). The number of aromatic nitrogens is 2. The lowest BCUT2D eigenvalue weighted by Crippen LogP contribution is -2.44. The van der Waals surface area contributed by atoms with E-state index in [1.807, 2.05) is 62.4 Å². The molecule has 0 bridgehead atoms. The molecule has 0 radical (unpaired) electrons. The maximum absolute atomic E-state index is 12.7. The zero-order chi connectivity index (χ0) is 23.2. The van der Waals surface area contributed by atoms with E-state index in [9.17, 15) is 4.79 Å². The van der Waals surface area contributed by atoms with Crippen LogP contribution < -0.4 is 10.1 Å². The Kier molecular flexibility index (Phi) is 7.40. The van der Waals surface area contributed by atoms with Crippen LogP contribution in [0.5, 0.6) is 5.75 Å². The molecule has 1 aliphatic heterocycles. The summed E-state index contributed by atoms with van der Waals surface area (Å²) in [5.74, 6) is 2.17. The van der Waals surface area contributed by atoms with E-state index in [4.69, 9.17) is 9.26 Å². The highest BCUT2D eigenvalue weighted by molar-refractivity contribution is 5.79. The van der Waals surface area contributed by atoms with Gasteiger partial charge in [0.25, 0.3) is 0 Å². The van der Waals surface area contributed by atoms with Gasteiger partial charge in [-0.05, 0) is 58.8 Å². The van der Waals surface area contributed by atoms with Gasteiger partial charge in [-0.2, -0.15) is 4.98 Å². The predicted molar refractivity (Wildman–Crippen MR) is 127 cm³/mol. The Morgan fingerprint density at radius 1 is 1.09 bits per heavy atom. The van der Waals surface area contributed by atoms with Crippen LogP contribution in [-0.4, -0.2) is 46.7 Å². The van der Waals surface area contributed by atoms with Gasteiger partial charge in [-0.25, -0.2) is 0 Å². The molecule has 0 aliphatic carbocycles. The second-order valence-electron chi connectivity index (χ2n) is 8.96. The summed E-state index contributed by atoms with van der Waals surface area (Å²) in [6.07, 6.45) is 1.63. The number of benzene rings is 2. The van der Waals surface area contributed by atoms with E-state index in [0.29, 0.717) is 24.9 Å². The second-order valence-corrected chi connectivity index (χ2v) is 8.96. The van der Waals surface area contributed by atoms with Crippen molar-refractivity contribution in [2.45, 2.75) is 46.2 Å². The molecule has 1 N–H and O–H groups in total. The van der Waals surface area contributed by atoms with Gasteiger partial charge in [0.05, 0.1) is 12.6 Å². The van der Waals surface area contributed by atoms with Crippen LogP contribution in [0.25, 0.3) is 11.4 Å². The van der Waals surface area contributed by atoms with Gasteiger partial charge in [-0.15, -0.1) is 0 Å². The van der Waals surface area contributed by atoms with Crippen LogP contribution in [0, 0.1) is 19.8 Å². The van der Waals surface area contributed by atoms with Gasteiger partial charge in [-0.1, -0.05) is 52.7 Å². The molecular formula is C26H32N4O3. The fourth-order valence-electron chi connectivity index (χ4n) is 3.94. The molecule has 1 fully saturated rings. The van der Waals surface area contributed by atoms with E-state index in [0.717, 1.165) is 37.2 Å². The van der Waals surface area contributed by atoms with E-state index < -0.39 is 0 Å². The molecule has 7 nitrogen and oxygen atoms in total. The summed E-state index contributed by atoms with van der Waals surface area (Å²) in [5.41, 5.74) is 3.34. The van der Waals surface area contributed by atoms with Gasteiger partial charge >= 0.3 is 0 Å². The van der Waals surface area contributed by atoms with Crippen molar-refractivity contribution in [3.63, 3.8) is 0 Å². The molecule has 1 unspecified atom stereocenters. The fraction of sp³-hybridized carbons (Fsp3) is 0.423. The molecule has 1 aliphatic rings. The number of nitrogens with zero attached hydrogens (tertiary/aromatic N) is 3. The third kappa shape index (κ3) is 6.42. The zero-order valence-electron chi connectivity index (χ0n) is 19.6. The first-order chi connectivity index (χ1) is 16.0. The summed E-state index contributed by atoms with van der Waals surface area (Å²) in [4.78, 5) is 19.5. The molecule has 2 aromatic carbocycles. The molecule has 7 heteroatoms. The summed E-state index contributed by atoms with van der Waals surface area (Å²) in [7, 11) is 0. The molecule has 3 aromatic rings. The molecule has 1 atom stereocenters. The topological polar surface area (TPSA) is 80.5 Å². The van der Waals surface area contributed by atoms with Crippen LogP contribution in [0.3, 0.4) is 0 Å². The van der Waals surface area contributed by atoms with Crippen molar-refractivity contribution in [3.05, 3.63) is 65.5 Å². The molecule has 33 heavy (non-hydrogen) atoms. The maximum Gasteiger partial charge on any atom is 0.241 e. The Hall–Kier alpha value is -3.19. The minimum absolute atomic E-state index is 0.0221. The summed E-state index contributed by atoms with van der Waals surface area (Å²) >= 11 is 0. The SMILES string of the molecule is Cc1ccc(OCC(C)NC(=O)C2CCN(Cc3nc(-c4ccc(C)cc4)no3)CC2)cc1. The maximum atomic E-state index is 12.7. The smallest absolute Gasteiger partial charge is 0.241 e. The number of nitrogens with one attached hydrogen (secondary N) is 1. The van der Waals surface area contributed by atoms with Crippen LogP contribution in [-0.2, 0) is 11.3 Å². The molecule has 1 aromatic heterocycles. The average molecular weight is 449 g/mol. The lowest BCUT2D eigenvalue weighted by atomic mass is 9.95. The van der Waals surface area contributed by atoms with Gasteiger partial charge in [-0.3, -0.25) is 9.69 Å². The standard InChI is InChI=1S/C26H32N4O3/c1-18-4-8-21(9-5-18)25-28-24(33-29-25)16-30-14-12-22(13-15-30)26(31)27-20(3)17-32-23-10-6-19(2)7-11-23/h4-11,20,22H,12-17H2,1-3H3,(H,27,31). The highest BCUT2D eigenvalue weighted by Gasteiger charge is 2.26. The Bertz CT molecular complexity index is 1040. The summed E-state index contributed by atoms with van der Waals surface area (Å²) in [5, 5.41) is 7.21. The number of hydrogen-bond acceptors (Lipinski definition) is 6. The van der Waals surface area contributed by atoms with E-state index in [1.165, 1.54) is 11.1 Å². The second kappa shape index (κ2) is 10.6. The zero-order valence-corrected chi connectivity index (χ0v) is 19.6. The molecule has 1 amide bonds. The van der Waals surface area contributed by atoms with Crippen LogP contribution in [0.15, 0.2) is 53.1 Å². The minimum atomic E-state index is -0.0459. The van der Waals surface area contributed by atoms with Gasteiger partial charge in [0, 0.05) is 11.5 Å². The number of rotatable bonds is 8. The Labute approximate surface area is 195 Å². The number of carbonyl (C=O) groups excluding carboxylic acids is 1. The Morgan fingerprint density at radius 2 is 1.73 bits per heavy atom. The number of aryl methyl sites for hydroxylation is 2. The predicted octanol–water partition coefficient (Wildman–Crippen LogP) is 4.15. The third-order valence-corrected chi connectivity index (χ3v) is 6.00. The van der Waals surface area contributed by atoms with Crippen LogP contribution in [0.4, 0.5) is 0 Å². The van der Waals surface area contributed by atoms with Crippen molar-refractivity contribution in [2.75, 3.05) is 19.7 Å². The number of likely N-dealkylation sites (tertiary alicyclic amines) is 1. The summed E-state index contributed by atoms with van der Waals surface area (Å²) in [6.45, 7) is 8.78. The van der Waals surface area contributed by atoms with Crippen molar-refractivity contribution >= 4 is 5.91 Å². The number of carbonyl (C=O) groups is 1. The van der Waals surface area contributed by atoms with E-state index >= 15 is 0 Å². The highest BCUT2D eigenvalue weighted by Crippen LogP contribution is 2.21. The van der Waals surface area contributed by atoms with Crippen LogP contribution >= 0.6 is 0 Å². The molecule has 2 heterocycles. The minimum Gasteiger partial charge on any atom is -0.491 e. The molecule has 0 saturated carbocycles. The van der Waals surface area contributed by atoms with Gasteiger partial charge in [0.2, 0.25) is 17.6 Å². The first kappa shape index (κ1) is 23.0. The highest BCUT2D eigenvalue weighted by atomic mass is 16.5. The number of piperidine rings is 1. The third-order valence-electron chi connectivity index (χ3n) is 6.00. The lowest BCUT2D eigenvalue weighted by Gasteiger charge is -2.30. The summed E-state index contributed by atoms with van der Waals surface area (Å²) < 4.78 is 11.2. The largest absolute Gasteiger partial charge is 0.491 e. The van der Waals surface area contributed by atoms with E-state index in [-0.39, 0.29) is 17.9 Å². The lowest BCUT2D eigenvalue weighted by molar-refractivity contribution is -0.127. The average Bonchev–Trinajstić information content (AvgIpc) is 3.28. The van der Waals surface area contributed by atoms with Crippen molar-refractivity contribution < 1.29 is 14.1 Å². The Balaban J connectivity index is 1.19. The number of hydrogen-bond donors (Lipinski definition) is 1. The monoisotopic (exact) mass is 448 g/mol. The first-order valence-electron chi connectivity index (χ1n) is 11.6.